The van der Waals surface area contributed by atoms with Crippen molar-refractivity contribution in [1.82, 2.24) is 0 Å². The molecule has 37 heavy (non-hydrogen) atoms. The van der Waals surface area contributed by atoms with E-state index in [1.165, 1.54) is 103 Å². The normalized spacial score (nSPS) is 11.9. The van der Waals surface area contributed by atoms with Gasteiger partial charge >= 0.3 is 0 Å². The van der Waals surface area contributed by atoms with Gasteiger partial charge in [0.25, 0.3) is 0 Å². The quantitative estimate of drug-likeness (QED) is 0.127. The van der Waals surface area contributed by atoms with Gasteiger partial charge in [0.1, 0.15) is 5.75 Å². The summed E-state index contributed by atoms with van der Waals surface area (Å²) >= 11 is 0. The molecule has 1 atom stereocenters. The van der Waals surface area contributed by atoms with Crippen molar-refractivity contribution >= 4 is 11.5 Å². The lowest BCUT2D eigenvalue weighted by molar-refractivity contribution is 0.103. The summed E-state index contributed by atoms with van der Waals surface area (Å²) in [6.45, 7) is 5.34. The molecule has 3 heteroatoms. The van der Waals surface area contributed by atoms with Crippen molar-refractivity contribution in [3.8, 4) is 5.75 Å². The van der Waals surface area contributed by atoms with E-state index >= 15 is 0 Å². The number of benzene rings is 2. The number of ether oxygens (including phenoxy) is 1. The lowest BCUT2D eigenvalue weighted by Crippen LogP contribution is -2.12. The Balaban J connectivity index is 1.80. The molecule has 2 aromatic carbocycles. The van der Waals surface area contributed by atoms with Crippen LogP contribution in [0.3, 0.4) is 0 Å². The number of hydrogen-bond donors (Lipinski definition) is 1. The number of anilines is 1. The van der Waals surface area contributed by atoms with Crippen LogP contribution in [0.4, 0.5) is 5.69 Å². The van der Waals surface area contributed by atoms with Crippen LogP contribution in [0.15, 0.2) is 48.5 Å². The van der Waals surface area contributed by atoms with Crippen LogP contribution >= 0.6 is 0 Å². The third-order valence-electron chi connectivity index (χ3n) is 7.47. The van der Waals surface area contributed by atoms with Crippen molar-refractivity contribution in [2.75, 3.05) is 19.0 Å². The van der Waals surface area contributed by atoms with E-state index in [-0.39, 0.29) is 5.78 Å². The minimum atomic E-state index is 0.0462. The maximum absolute atomic E-state index is 12.8. The van der Waals surface area contributed by atoms with Gasteiger partial charge in [-0.15, -0.1) is 0 Å². The minimum absolute atomic E-state index is 0.0462. The van der Waals surface area contributed by atoms with E-state index in [4.69, 9.17) is 4.74 Å². The second-order valence-electron chi connectivity index (χ2n) is 10.7. The predicted molar refractivity (Wildman–Crippen MR) is 160 cm³/mol. The molecular weight excluding hydrogens is 454 g/mol. The number of rotatable bonds is 22. The van der Waals surface area contributed by atoms with Crippen LogP contribution in [0.2, 0.25) is 0 Å². The summed E-state index contributed by atoms with van der Waals surface area (Å²) in [7, 11) is 1.88. The molecule has 0 aliphatic rings. The van der Waals surface area contributed by atoms with Gasteiger partial charge in [-0.2, -0.15) is 0 Å². The molecule has 0 aliphatic carbocycles. The van der Waals surface area contributed by atoms with Crippen LogP contribution in [0.1, 0.15) is 133 Å². The molecule has 2 aromatic rings. The summed E-state index contributed by atoms with van der Waals surface area (Å²) in [5.74, 6) is 1.54. The van der Waals surface area contributed by atoms with E-state index in [9.17, 15) is 4.79 Å². The van der Waals surface area contributed by atoms with Gasteiger partial charge in [0.2, 0.25) is 0 Å². The van der Waals surface area contributed by atoms with E-state index in [2.05, 4.69) is 19.2 Å². The number of ketones is 1. The first-order chi connectivity index (χ1) is 18.2. The summed E-state index contributed by atoms with van der Waals surface area (Å²) in [5, 5.41) is 3.09. The smallest absolute Gasteiger partial charge is 0.193 e. The first-order valence-electron chi connectivity index (χ1n) is 15.2. The van der Waals surface area contributed by atoms with Crippen LogP contribution in [0.25, 0.3) is 0 Å². The van der Waals surface area contributed by atoms with Gasteiger partial charge in [0, 0.05) is 23.9 Å². The summed E-state index contributed by atoms with van der Waals surface area (Å²) in [6.07, 6.45) is 21.6. The molecule has 206 valence electrons. The fourth-order valence-electron chi connectivity index (χ4n) is 4.96. The van der Waals surface area contributed by atoms with Crippen molar-refractivity contribution in [3.05, 3.63) is 59.7 Å². The Morgan fingerprint density at radius 2 is 1.08 bits per heavy atom. The fraction of sp³-hybridized carbons (Fsp3) is 0.618. The summed E-state index contributed by atoms with van der Waals surface area (Å²) in [4.78, 5) is 12.8. The van der Waals surface area contributed by atoms with Crippen molar-refractivity contribution in [1.29, 1.82) is 0 Å². The fourth-order valence-corrected chi connectivity index (χ4v) is 4.96. The van der Waals surface area contributed by atoms with Crippen LogP contribution in [0.5, 0.6) is 5.75 Å². The third kappa shape index (κ3) is 13.2. The zero-order valence-electron chi connectivity index (χ0n) is 24.0. The highest BCUT2D eigenvalue weighted by Gasteiger charge is 2.12. The molecule has 0 aromatic heterocycles. The summed E-state index contributed by atoms with van der Waals surface area (Å²) in [6, 6.07) is 15.3. The van der Waals surface area contributed by atoms with Gasteiger partial charge in [-0.05, 0) is 67.3 Å². The Bertz CT molecular complexity index is 828. The Labute approximate surface area is 227 Å². The highest BCUT2D eigenvalue weighted by atomic mass is 16.5. The molecule has 2 rings (SSSR count). The van der Waals surface area contributed by atoms with E-state index in [1.807, 2.05) is 55.6 Å². The topological polar surface area (TPSA) is 38.3 Å². The van der Waals surface area contributed by atoms with E-state index in [0.717, 1.165) is 18.0 Å². The van der Waals surface area contributed by atoms with E-state index < -0.39 is 0 Å². The molecule has 0 fully saturated rings. The molecule has 0 saturated carbocycles. The second-order valence-corrected chi connectivity index (χ2v) is 10.7. The predicted octanol–water partition coefficient (Wildman–Crippen LogP) is 10.2. The zero-order valence-corrected chi connectivity index (χ0v) is 24.0. The number of hydrogen-bond acceptors (Lipinski definition) is 3. The van der Waals surface area contributed by atoms with Crippen LogP contribution in [-0.4, -0.2) is 19.4 Å². The molecule has 0 aliphatic heterocycles. The standard InChI is InChI=1S/C34H53NO2/c1-4-6-8-10-12-13-15-17-19-29(18-16-14-11-9-7-5-2)28-37-33-26-22-31(23-27-33)34(36)30-20-24-32(35-3)25-21-30/h20-27,29,35H,4-19,28H2,1-3H3. The van der Waals surface area contributed by atoms with Gasteiger partial charge in [-0.1, -0.05) is 104 Å². The maximum atomic E-state index is 12.8. The van der Waals surface area contributed by atoms with E-state index in [1.54, 1.807) is 0 Å². The monoisotopic (exact) mass is 507 g/mol. The lowest BCUT2D eigenvalue weighted by atomic mass is 9.94. The number of nitrogens with one attached hydrogen (secondary N) is 1. The molecule has 0 radical (unpaired) electrons. The second kappa shape index (κ2) is 19.8. The number of carbonyl (C=O) groups is 1. The molecule has 0 saturated heterocycles. The zero-order chi connectivity index (χ0) is 26.6. The summed E-state index contributed by atoms with van der Waals surface area (Å²) < 4.78 is 6.24. The molecule has 3 nitrogen and oxygen atoms in total. The van der Waals surface area contributed by atoms with Gasteiger partial charge in [-0.25, -0.2) is 0 Å². The van der Waals surface area contributed by atoms with Crippen molar-refractivity contribution in [2.45, 2.75) is 117 Å². The average molecular weight is 508 g/mol. The van der Waals surface area contributed by atoms with Gasteiger partial charge in [0.05, 0.1) is 6.61 Å². The molecule has 0 heterocycles. The van der Waals surface area contributed by atoms with Crippen molar-refractivity contribution in [2.24, 2.45) is 5.92 Å². The summed E-state index contributed by atoms with van der Waals surface area (Å²) in [5.41, 5.74) is 2.41. The van der Waals surface area contributed by atoms with Crippen LogP contribution < -0.4 is 10.1 Å². The number of carbonyl (C=O) groups excluding carboxylic acids is 1. The molecule has 1 N–H and O–H groups in total. The first kappa shape index (κ1) is 30.9. The largest absolute Gasteiger partial charge is 0.493 e. The van der Waals surface area contributed by atoms with Crippen molar-refractivity contribution < 1.29 is 9.53 Å². The Morgan fingerprint density at radius 3 is 1.54 bits per heavy atom. The maximum Gasteiger partial charge on any atom is 0.193 e. The first-order valence-corrected chi connectivity index (χ1v) is 15.2. The molecule has 0 spiro atoms. The van der Waals surface area contributed by atoms with Gasteiger partial charge < -0.3 is 10.1 Å². The molecule has 0 bridgehead atoms. The van der Waals surface area contributed by atoms with E-state index in [0.29, 0.717) is 17.0 Å². The lowest BCUT2D eigenvalue weighted by Gasteiger charge is -2.18. The molecular formula is C34H53NO2. The minimum Gasteiger partial charge on any atom is -0.493 e. The Kier molecular flexibility index (Phi) is 16.5. The average Bonchev–Trinajstić information content (AvgIpc) is 2.94. The SMILES string of the molecule is CCCCCCCCCCC(CCCCCCCC)COc1ccc(C(=O)c2ccc(NC)cc2)cc1. The number of unbranched alkanes of at least 4 members (excludes halogenated alkanes) is 12. The Morgan fingerprint density at radius 1 is 0.649 bits per heavy atom. The van der Waals surface area contributed by atoms with Gasteiger partial charge in [-0.3, -0.25) is 4.79 Å². The van der Waals surface area contributed by atoms with Crippen LogP contribution in [-0.2, 0) is 0 Å². The third-order valence-corrected chi connectivity index (χ3v) is 7.47. The highest BCUT2D eigenvalue weighted by Crippen LogP contribution is 2.22. The molecule has 1 unspecified atom stereocenters. The van der Waals surface area contributed by atoms with Crippen molar-refractivity contribution in [3.63, 3.8) is 0 Å². The molecule has 0 amide bonds. The Hall–Kier alpha value is -2.29. The van der Waals surface area contributed by atoms with Crippen LogP contribution in [0, 0.1) is 5.92 Å². The highest BCUT2D eigenvalue weighted by molar-refractivity contribution is 6.09. The van der Waals surface area contributed by atoms with Gasteiger partial charge in [0.15, 0.2) is 5.78 Å².